The van der Waals surface area contributed by atoms with Crippen molar-refractivity contribution in [3.05, 3.63) is 0 Å². The molecule has 0 bridgehead atoms. The van der Waals surface area contributed by atoms with Crippen LogP contribution in [0.5, 0.6) is 0 Å². The van der Waals surface area contributed by atoms with Crippen molar-refractivity contribution in [2.24, 2.45) is 0 Å². The first kappa shape index (κ1) is 13.9. The second-order valence-electron chi connectivity index (χ2n) is 5.35. The molecule has 0 rings (SSSR count). The average molecular weight is 200 g/mol. The first-order valence-corrected chi connectivity index (χ1v) is 5.90. The molecule has 0 saturated carbocycles. The lowest BCUT2D eigenvalue weighted by Crippen LogP contribution is -2.36. The Hall–Kier alpha value is -0.0800. The standard InChI is InChI=1S/C12H28N2/c1-11(2)13-9-7-6-8-10-14-12(3,4)5/h11,13-14H,6-10H2,1-5H3. The van der Waals surface area contributed by atoms with Crippen molar-refractivity contribution < 1.29 is 0 Å². The van der Waals surface area contributed by atoms with Gasteiger partial charge >= 0.3 is 0 Å². The number of nitrogens with one attached hydrogen (secondary N) is 2. The molecule has 86 valence electrons. The third-order valence-electron chi connectivity index (χ3n) is 2.06. The lowest BCUT2D eigenvalue weighted by atomic mass is 10.1. The van der Waals surface area contributed by atoms with E-state index < -0.39 is 0 Å². The Morgan fingerprint density at radius 2 is 1.50 bits per heavy atom. The number of hydrogen-bond acceptors (Lipinski definition) is 2. The maximum Gasteiger partial charge on any atom is 0.00965 e. The molecule has 2 N–H and O–H groups in total. The van der Waals surface area contributed by atoms with Crippen LogP contribution in [0, 0.1) is 0 Å². The lowest BCUT2D eigenvalue weighted by Gasteiger charge is -2.20. The Morgan fingerprint density at radius 3 is 2.00 bits per heavy atom. The van der Waals surface area contributed by atoms with Gasteiger partial charge in [-0.15, -0.1) is 0 Å². The number of unbranched alkanes of at least 4 members (excludes halogenated alkanes) is 2. The van der Waals surface area contributed by atoms with Gasteiger partial charge in [-0.05, 0) is 46.7 Å². The van der Waals surface area contributed by atoms with Crippen LogP contribution in [0.2, 0.25) is 0 Å². The summed E-state index contributed by atoms with van der Waals surface area (Å²) in [5.41, 5.74) is 0.274. The van der Waals surface area contributed by atoms with Crippen LogP contribution < -0.4 is 10.6 Å². The van der Waals surface area contributed by atoms with E-state index in [0.29, 0.717) is 6.04 Å². The molecule has 0 spiro atoms. The SMILES string of the molecule is CC(C)NCCCCCNC(C)(C)C. The fourth-order valence-corrected chi connectivity index (χ4v) is 1.28. The molecule has 0 atom stereocenters. The zero-order chi connectivity index (χ0) is 11.0. The summed E-state index contributed by atoms with van der Waals surface area (Å²) in [6, 6.07) is 0.628. The zero-order valence-electron chi connectivity index (χ0n) is 10.6. The molecule has 0 aromatic rings. The highest BCUT2D eigenvalue weighted by atomic mass is 14.9. The molecule has 2 heteroatoms. The average Bonchev–Trinajstić information content (AvgIpc) is 2.00. The minimum atomic E-state index is 0.274. The maximum atomic E-state index is 3.50. The minimum Gasteiger partial charge on any atom is -0.315 e. The molecule has 0 heterocycles. The number of rotatable bonds is 7. The van der Waals surface area contributed by atoms with Crippen molar-refractivity contribution in [3.8, 4) is 0 Å². The van der Waals surface area contributed by atoms with Gasteiger partial charge in [0.05, 0.1) is 0 Å². The summed E-state index contributed by atoms with van der Waals surface area (Å²) in [6.07, 6.45) is 3.91. The summed E-state index contributed by atoms with van der Waals surface area (Å²) >= 11 is 0. The topological polar surface area (TPSA) is 24.1 Å². The predicted molar refractivity (Wildman–Crippen MR) is 64.7 cm³/mol. The van der Waals surface area contributed by atoms with Gasteiger partial charge < -0.3 is 10.6 Å². The van der Waals surface area contributed by atoms with Crippen LogP contribution in [0.25, 0.3) is 0 Å². The lowest BCUT2D eigenvalue weighted by molar-refractivity contribution is 0.415. The van der Waals surface area contributed by atoms with Gasteiger partial charge in [0.25, 0.3) is 0 Å². The van der Waals surface area contributed by atoms with Gasteiger partial charge in [0.1, 0.15) is 0 Å². The molecular weight excluding hydrogens is 172 g/mol. The van der Waals surface area contributed by atoms with E-state index in [-0.39, 0.29) is 5.54 Å². The van der Waals surface area contributed by atoms with E-state index in [4.69, 9.17) is 0 Å². The van der Waals surface area contributed by atoms with Gasteiger partial charge in [0, 0.05) is 11.6 Å². The van der Waals surface area contributed by atoms with Crippen LogP contribution in [0.3, 0.4) is 0 Å². The first-order valence-electron chi connectivity index (χ1n) is 5.90. The van der Waals surface area contributed by atoms with Crippen molar-refractivity contribution in [2.45, 2.75) is 65.5 Å². The van der Waals surface area contributed by atoms with Crippen LogP contribution in [-0.4, -0.2) is 24.7 Å². The molecule has 0 saturated heterocycles. The van der Waals surface area contributed by atoms with E-state index >= 15 is 0 Å². The zero-order valence-corrected chi connectivity index (χ0v) is 10.6. The Kier molecular flexibility index (Phi) is 7.20. The Balaban J connectivity index is 3.07. The van der Waals surface area contributed by atoms with Crippen LogP contribution >= 0.6 is 0 Å². The summed E-state index contributed by atoms with van der Waals surface area (Å²) in [7, 11) is 0. The Morgan fingerprint density at radius 1 is 0.929 bits per heavy atom. The third-order valence-corrected chi connectivity index (χ3v) is 2.06. The van der Waals surface area contributed by atoms with Crippen LogP contribution in [0.1, 0.15) is 53.9 Å². The molecule has 0 aromatic carbocycles. The molecule has 0 aliphatic rings. The number of hydrogen-bond donors (Lipinski definition) is 2. The molecular formula is C12H28N2. The van der Waals surface area contributed by atoms with E-state index in [1.54, 1.807) is 0 Å². The molecule has 0 radical (unpaired) electrons. The van der Waals surface area contributed by atoms with E-state index in [9.17, 15) is 0 Å². The first-order chi connectivity index (χ1) is 6.42. The van der Waals surface area contributed by atoms with Crippen molar-refractivity contribution in [2.75, 3.05) is 13.1 Å². The van der Waals surface area contributed by atoms with E-state index in [2.05, 4.69) is 45.3 Å². The Bertz CT molecular complexity index is 125. The van der Waals surface area contributed by atoms with Gasteiger partial charge in [-0.3, -0.25) is 0 Å². The molecule has 0 fully saturated rings. The summed E-state index contributed by atoms with van der Waals surface area (Å²) < 4.78 is 0. The summed E-state index contributed by atoms with van der Waals surface area (Å²) in [6.45, 7) is 13.3. The van der Waals surface area contributed by atoms with E-state index in [0.717, 1.165) is 13.1 Å². The third kappa shape index (κ3) is 11.9. The van der Waals surface area contributed by atoms with Crippen molar-refractivity contribution in [1.29, 1.82) is 0 Å². The van der Waals surface area contributed by atoms with Gasteiger partial charge in [0.2, 0.25) is 0 Å². The van der Waals surface area contributed by atoms with E-state index in [1.165, 1.54) is 19.3 Å². The molecule has 14 heavy (non-hydrogen) atoms. The Labute approximate surface area is 89.9 Å². The molecule has 0 aromatic heterocycles. The molecule has 0 aliphatic carbocycles. The van der Waals surface area contributed by atoms with Gasteiger partial charge in [-0.2, -0.15) is 0 Å². The summed E-state index contributed by atoms with van der Waals surface area (Å²) in [4.78, 5) is 0. The molecule has 0 amide bonds. The van der Waals surface area contributed by atoms with Crippen LogP contribution in [0.4, 0.5) is 0 Å². The van der Waals surface area contributed by atoms with Gasteiger partial charge in [-0.1, -0.05) is 20.3 Å². The smallest absolute Gasteiger partial charge is 0.00965 e. The molecule has 2 nitrogen and oxygen atoms in total. The van der Waals surface area contributed by atoms with Gasteiger partial charge in [0.15, 0.2) is 0 Å². The summed E-state index contributed by atoms with van der Waals surface area (Å²) in [5, 5.41) is 6.93. The van der Waals surface area contributed by atoms with Crippen molar-refractivity contribution >= 4 is 0 Å². The summed E-state index contributed by atoms with van der Waals surface area (Å²) in [5.74, 6) is 0. The second-order valence-corrected chi connectivity index (χ2v) is 5.35. The fourth-order valence-electron chi connectivity index (χ4n) is 1.28. The highest BCUT2D eigenvalue weighted by molar-refractivity contribution is 4.69. The highest BCUT2D eigenvalue weighted by Crippen LogP contribution is 2.00. The quantitative estimate of drug-likeness (QED) is 0.617. The van der Waals surface area contributed by atoms with Gasteiger partial charge in [-0.25, -0.2) is 0 Å². The van der Waals surface area contributed by atoms with E-state index in [1.807, 2.05) is 0 Å². The van der Waals surface area contributed by atoms with Crippen LogP contribution in [-0.2, 0) is 0 Å². The fraction of sp³-hybridized carbons (Fsp3) is 1.00. The molecule has 0 aliphatic heterocycles. The normalized spacial score (nSPS) is 12.4. The van der Waals surface area contributed by atoms with Crippen molar-refractivity contribution in [3.63, 3.8) is 0 Å². The largest absolute Gasteiger partial charge is 0.315 e. The highest BCUT2D eigenvalue weighted by Gasteiger charge is 2.06. The maximum absolute atomic E-state index is 3.50. The second kappa shape index (κ2) is 7.24. The van der Waals surface area contributed by atoms with Crippen LogP contribution in [0.15, 0.2) is 0 Å². The minimum absolute atomic E-state index is 0.274. The molecule has 0 unspecified atom stereocenters. The van der Waals surface area contributed by atoms with Crippen molar-refractivity contribution in [1.82, 2.24) is 10.6 Å². The monoisotopic (exact) mass is 200 g/mol. The predicted octanol–water partition coefficient (Wildman–Crippen LogP) is 2.54.